The topological polar surface area (TPSA) is 111 Å². The van der Waals surface area contributed by atoms with Crippen LogP contribution >= 0.6 is 0 Å². The van der Waals surface area contributed by atoms with Gasteiger partial charge in [-0.3, -0.25) is 9.59 Å². The SMILES string of the molecule is O=C(C1=NN(c2ccccc2)C(=O)CC1)N1CCC(O)(C(=O)O)CC1. The Hall–Kier alpha value is -2.74. The summed E-state index contributed by atoms with van der Waals surface area (Å²) in [5, 5.41) is 24.4. The van der Waals surface area contributed by atoms with Gasteiger partial charge in [-0.05, 0) is 12.1 Å². The minimum absolute atomic E-state index is 0.0251. The molecule has 8 nitrogen and oxygen atoms in total. The van der Waals surface area contributed by atoms with Gasteiger partial charge in [0.15, 0.2) is 5.60 Å². The summed E-state index contributed by atoms with van der Waals surface area (Å²) < 4.78 is 0. The van der Waals surface area contributed by atoms with E-state index in [9.17, 15) is 19.5 Å². The fourth-order valence-electron chi connectivity index (χ4n) is 2.95. The quantitative estimate of drug-likeness (QED) is 0.834. The number of anilines is 1. The molecule has 0 saturated carbocycles. The van der Waals surface area contributed by atoms with Crippen LogP contribution in [0.1, 0.15) is 25.7 Å². The Morgan fingerprint density at radius 3 is 2.32 bits per heavy atom. The second kappa shape index (κ2) is 6.64. The molecular formula is C17H19N3O5. The summed E-state index contributed by atoms with van der Waals surface area (Å²) in [5.74, 6) is -1.77. The van der Waals surface area contributed by atoms with Crippen LogP contribution in [0.2, 0.25) is 0 Å². The Bertz CT molecular complexity index is 723. The first-order chi connectivity index (χ1) is 11.9. The molecule has 1 aromatic rings. The number of carboxylic acids is 1. The van der Waals surface area contributed by atoms with Crippen LogP contribution in [0, 0.1) is 0 Å². The number of aliphatic hydroxyl groups is 1. The number of piperidine rings is 1. The number of hydrogen-bond acceptors (Lipinski definition) is 5. The molecule has 2 N–H and O–H groups in total. The maximum absolute atomic E-state index is 12.6. The van der Waals surface area contributed by atoms with Gasteiger partial charge in [-0.2, -0.15) is 5.10 Å². The van der Waals surface area contributed by atoms with Crippen molar-refractivity contribution in [2.75, 3.05) is 18.1 Å². The fraction of sp³-hybridized carbons (Fsp3) is 0.412. The number of carbonyl (C=O) groups is 3. The van der Waals surface area contributed by atoms with Crippen LogP contribution in [-0.4, -0.2) is 57.3 Å². The smallest absolute Gasteiger partial charge is 0.335 e. The van der Waals surface area contributed by atoms with Crippen molar-refractivity contribution < 1.29 is 24.6 Å². The monoisotopic (exact) mass is 345 g/mol. The van der Waals surface area contributed by atoms with E-state index in [1.54, 1.807) is 24.3 Å². The van der Waals surface area contributed by atoms with Gasteiger partial charge in [-0.15, -0.1) is 0 Å². The lowest BCUT2D eigenvalue weighted by atomic mass is 9.91. The molecule has 0 spiro atoms. The average Bonchev–Trinajstić information content (AvgIpc) is 2.63. The van der Waals surface area contributed by atoms with E-state index in [0.29, 0.717) is 5.69 Å². The summed E-state index contributed by atoms with van der Waals surface area (Å²) in [7, 11) is 0. The molecule has 25 heavy (non-hydrogen) atoms. The van der Waals surface area contributed by atoms with E-state index >= 15 is 0 Å². The molecule has 0 aliphatic carbocycles. The second-order valence-electron chi connectivity index (χ2n) is 6.22. The van der Waals surface area contributed by atoms with Crippen LogP contribution in [0.4, 0.5) is 5.69 Å². The zero-order valence-electron chi connectivity index (χ0n) is 13.6. The van der Waals surface area contributed by atoms with Gasteiger partial charge in [0.2, 0.25) is 5.91 Å². The highest BCUT2D eigenvalue weighted by Gasteiger charge is 2.41. The highest BCUT2D eigenvalue weighted by atomic mass is 16.4. The predicted octanol–water partition coefficient (Wildman–Crippen LogP) is 0.607. The van der Waals surface area contributed by atoms with E-state index in [1.807, 2.05) is 6.07 Å². The molecule has 8 heteroatoms. The number of carboxylic acid groups (broad SMARTS) is 1. The van der Waals surface area contributed by atoms with Crippen molar-refractivity contribution >= 4 is 29.2 Å². The molecule has 0 unspecified atom stereocenters. The van der Waals surface area contributed by atoms with E-state index in [2.05, 4.69) is 5.10 Å². The van der Waals surface area contributed by atoms with Crippen molar-refractivity contribution in [3.63, 3.8) is 0 Å². The van der Waals surface area contributed by atoms with Crippen LogP contribution in [0.25, 0.3) is 0 Å². The summed E-state index contributed by atoms with van der Waals surface area (Å²) in [6.07, 6.45) is 0.387. The molecular weight excluding hydrogens is 326 g/mol. The number of nitrogens with zero attached hydrogens (tertiary/aromatic N) is 3. The van der Waals surface area contributed by atoms with Gasteiger partial charge in [-0.25, -0.2) is 9.80 Å². The van der Waals surface area contributed by atoms with Crippen LogP contribution < -0.4 is 5.01 Å². The molecule has 1 saturated heterocycles. The summed E-state index contributed by atoms with van der Waals surface area (Å²) in [6.45, 7) is 0.278. The zero-order valence-corrected chi connectivity index (χ0v) is 13.6. The van der Waals surface area contributed by atoms with Crippen molar-refractivity contribution in [2.45, 2.75) is 31.3 Å². The first kappa shape index (κ1) is 17.1. The Kier molecular flexibility index (Phi) is 4.54. The maximum atomic E-state index is 12.6. The lowest BCUT2D eigenvalue weighted by Crippen LogP contribution is -2.52. The number of hydrogen-bond donors (Lipinski definition) is 2. The molecule has 0 radical (unpaired) electrons. The van der Waals surface area contributed by atoms with Crippen molar-refractivity contribution in [3.8, 4) is 0 Å². The number of carbonyl (C=O) groups excluding carboxylic acids is 2. The first-order valence-electron chi connectivity index (χ1n) is 8.11. The zero-order chi connectivity index (χ0) is 18.0. The van der Waals surface area contributed by atoms with Crippen LogP contribution in [-0.2, 0) is 14.4 Å². The Morgan fingerprint density at radius 2 is 1.72 bits per heavy atom. The van der Waals surface area contributed by atoms with Crippen LogP contribution in [0.3, 0.4) is 0 Å². The van der Waals surface area contributed by atoms with Crippen LogP contribution in [0.15, 0.2) is 35.4 Å². The summed E-state index contributed by atoms with van der Waals surface area (Å²) in [5.41, 5.74) is -0.919. The van der Waals surface area contributed by atoms with E-state index in [-0.39, 0.29) is 56.3 Å². The molecule has 0 aromatic heterocycles. The first-order valence-corrected chi connectivity index (χ1v) is 8.11. The Labute approximate surface area is 144 Å². The molecule has 0 atom stereocenters. The van der Waals surface area contributed by atoms with E-state index < -0.39 is 11.6 Å². The third-order valence-electron chi connectivity index (χ3n) is 4.56. The number of amides is 2. The van der Waals surface area contributed by atoms with E-state index in [4.69, 9.17) is 5.11 Å². The normalized spacial score (nSPS) is 20.2. The van der Waals surface area contributed by atoms with Gasteiger partial charge in [0.25, 0.3) is 5.91 Å². The fourth-order valence-corrected chi connectivity index (χ4v) is 2.95. The average molecular weight is 345 g/mol. The van der Waals surface area contributed by atoms with Gasteiger partial charge in [-0.1, -0.05) is 18.2 Å². The number of aliphatic carboxylic acids is 1. The van der Waals surface area contributed by atoms with Gasteiger partial charge in [0, 0.05) is 38.8 Å². The molecule has 2 amide bonds. The molecule has 2 aliphatic heterocycles. The van der Waals surface area contributed by atoms with Gasteiger partial charge in [0.05, 0.1) is 5.69 Å². The number of para-hydroxylation sites is 1. The second-order valence-corrected chi connectivity index (χ2v) is 6.22. The third-order valence-corrected chi connectivity index (χ3v) is 4.56. The van der Waals surface area contributed by atoms with Crippen LogP contribution in [0.5, 0.6) is 0 Å². The number of hydrazone groups is 1. The lowest BCUT2D eigenvalue weighted by Gasteiger charge is -2.36. The summed E-state index contributed by atoms with van der Waals surface area (Å²) in [6, 6.07) is 8.87. The Morgan fingerprint density at radius 1 is 1.08 bits per heavy atom. The minimum Gasteiger partial charge on any atom is -0.479 e. The van der Waals surface area contributed by atoms with Gasteiger partial charge < -0.3 is 15.1 Å². The van der Waals surface area contributed by atoms with Crippen molar-refractivity contribution in [1.82, 2.24) is 4.90 Å². The predicted molar refractivity (Wildman–Crippen MR) is 89.0 cm³/mol. The van der Waals surface area contributed by atoms with E-state index in [1.165, 1.54) is 9.91 Å². The van der Waals surface area contributed by atoms with Crippen molar-refractivity contribution in [2.24, 2.45) is 5.10 Å². The highest BCUT2D eigenvalue weighted by molar-refractivity contribution is 6.40. The number of likely N-dealkylation sites (tertiary alicyclic amines) is 1. The maximum Gasteiger partial charge on any atom is 0.335 e. The number of rotatable bonds is 3. The molecule has 2 aliphatic rings. The number of benzene rings is 1. The molecule has 3 rings (SSSR count). The van der Waals surface area contributed by atoms with E-state index in [0.717, 1.165) is 0 Å². The summed E-state index contributed by atoms with van der Waals surface area (Å²) >= 11 is 0. The highest BCUT2D eigenvalue weighted by Crippen LogP contribution is 2.24. The van der Waals surface area contributed by atoms with Gasteiger partial charge >= 0.3 is 5.97 Å². The molecule has 132 valence electrons. The lowest BCUT2D eigenvalue weighted by molar-refractivity contribution is -0.164. The minimum atomic E-state index is -1.78. The van der Waals surface area contributed by atoms with Gasteiger partial charge in [0.1, 0.15) is 5.71 Å². The third kappa shape index (κ3) is 3.39. The molecule has 2 heterocycles. The molecule has 0 bridgehead atoms. The summed E-state index contributed by atoms with van der Waals surface area (Å²) in [4.78, 5) is 37.3. The largest absolute Gasteiger partial charge is 0.479 e. The molecule has 1 aromatic carbocycles. The van der Waals surface area contributed by atoms with Crippen molar-refractivity contribution in [3.05, 3.63) is 30.3 Å². The standard InChI is InChI=1S/C17H19N3O5/c21-14-7-6-13(18-20(14)12-4-2-1-3-5-12)15(22)19-10-8-17(25,9-11-19)16(23)24/h1-5,25H,6-11H2,(H,23,24). The molecule has 1 fully saturated rings. The van der Waals surface area contributed by atoms with Crippen molar-refractivity contribution in [1.29, 1.82) is 0 Å². The Balaban J connectivity index is 1.74.